The molecule has 2 nitrogen and oxygen atoms in total. The van der Waals surface area contributed by atoms with E-state index in [0.717, 1.165) is 13.1 Å². The lowest BCUT2D eigenvalue weighted by Crippen LogP contribution is -2.59. The van der Waals surface area contributed by atoms with Crippen LogP contribution in [0.15, 0.2) is 16.8 Å². The molecule has 1 fully saturated rings. The van der Waals surface area contributed by atoms with Crippen LogP contribution >= 0.6 is 11.3 Å². The number of rotatable bonds is 4. The van der Waals surface area contributed by atoms with Crippen molar-refractivity contribution in [2.45, 2.75) is 32.2 Å². The van der Waals surface area contributed by atoms with Crippen LogP contribution in [-0.2, 0) is 6.42 Å². The molecule has 16 heavy (non-hydrogen) atoms. The van der Waals surface area contributed by atoms with E-state index in [9.17, 15) is 0 Å². The van der Waals surface area contributed by atoms with E-state index < -0.39 is 0 Å². The van der Waals surface area contributed by atoms with Gasteiger partial charge in [-0.05, 0) is 42.2 Å². The van der Waals surface area contributed by atoms with Crippen LogP contribution in [0.4, 0.5) is 0 Å². The first kappa shape index (κ1) is 12.1. The van der Waals surface area contributed by atoms with Gasteiger partial charge in [0.05, 0.1) is 0 Å². The number of piperazine rings is 1. The summed E-state index contributed by atoms with van der Waals surface area (Å²) in [6, 6.07) is 2.25. The Hall–Kier alpha value is -0.380. The molecule has 0 saturated carbocycles. The fourth-order valence-corrected chi connectivity index (χ4v) is 3.09. The summed E-state index contributed by atoms with van der Waals surface area (Å²) in [5.74, 6) is 0. The zero-order chi connectivity index (χ0) is 11.4. The smallest absolute Gasteiger partial charge is 0.0303 e. The van der Waals surface area contributed by atoms with Gasteiger partial charge in [0, 0.05) is 31.7 Å². The monoisotopic (exact) mass is 238 g/mol. The molecule has 0 aromatic carbocycles. The van der Waals surface area contributed by atoms with E-state index in [1.54, 1.807) is 11.3 Å². The largest absolute Gasteiger partial charge is 0.314 e. The van der Waals surface area contributed by atoms with Crippen LogP contribution in [0.3, 0.4) is 0 Å². The second-order valence-corrected chi connectivity index (χ2v) is 5.68. The van der Waals surface area contributed by atoms with E-state index in [2.05, 4.69) is 40.9 Å². The van der Waals surface area contributed by atoms with Gasteiger partial charge in [-0.2, -0.15) is 11.3 Å². The van der Waals surface area contributed by atoms with Crippen LogP contribution in [0.2, 0.25) is 0 Å². The molecule has 1 N–H and O–H groups in total. The van der Waals surface area contributed by atoms with Gasteiger partial charge in [-0.15, -0.1) is 0 Å². The van der Waals surface area contributed by atoms with Crippen LogP contribution in [-0.4, -0.2) is 36.6 Å². The highest BCUT2D eigenvalue weighted by Crippen LogP contribution is 2.21. The Bertz CT molecular complexity index is 310. The van der Waals surface area contributed by atoms with Gasteiger partial charge in [-0.3, -0.25) is 4.90 Å². The average molecular weight is 238 g/mol. The molecular formula is C13H22N2S. The Morgan fingerprint density at radius 3 is 3.12 bits per heavy atom. The first-order chi connectivity index (χ1) is 7.74. The van der Waals surface area contributed by atoms with Crippen molar-refractivity contribution >= 4 is 11.3 Å². The first-order valence-corrected chi connectivity index (χ1v) is 7.16. The Balaban J connectivity index is 1.91. The summed E-state index contributed by atoms with van der Waals surface area (Å²) in [7, 11) is 0. The van der Waals surface area contributed by atoms with Crippen LogP contribution in [0, 0.1) is 0 Å². The normalized spacial score (nSPS) is 27.1. The van der Waals surface area contributed by atoms with Crippen molar-refractivity contribution in [3.05, 3.63) is 22.4 Å². The van der Waals surface area contributed by atoms with Gasteiger partial charge in [0.15, 0.2) is 0 Å². The van der Waals surface area contributed by atoms with Gasteiger partial charge in [-0.1, -0.05) is 6.92 Å². The Labute approximate surface area is 103 Å². The summed E-state index contributed by atoms with van der Waals surface area (Å²) < 4.78 is 0. The molecule has 1 aliphatic rings. The molecule has 0 radical (unpaired) electrons. The Morgan fingerprint density at radius 2 is 2.44 bits per heavy atom. The van der Waals surface area contributed by atoms with Crippen LogP contribution in [0.1, 0.15) is 25.8 Å². The summed E-state index contributed by atoms with van der Waals surface area (Å²) in [5.41, 5.74) is 1.84. The zero-order valence-electron chi connectivity index (χ0n) is 10.3. The minimum Gasteiger partial charge on any atom is -0.314 e. The summed E-state index contributed by atoms with van der Waals surface area (Å²) >= 11 is 1.80. The first-order valence-electron chi connectivity index (χ1n) is 6.21. The molecule has 3 heteroatoms. The van der Waals surface area contributed by atoms with Gasteiger partial charge in [0.2, 0.25) is 0 Å². The van der Waals surface area contributed by atoms with Crippen molar-refractivity contribution in [3.63, 3.8) is 0 Å². The maximum atomic E-state index is 3.51. The van der Waals surface area contributed by atoms with E-state index in [-0.39, 0.29) is 0 Å². The van der Waals surface area contributed by atoms with Gasteiger partial charge < -0.3 is 5.32 Å². The standard InChI is InChI=1S/C13H22N2S/c1-3-13(2)11-14-6-8-15(13)7-4-12-5-9-16-10-12/h5,9-10,14H,3-4,6-8,11H2,1-2H3. The molecule has 1 saturated heterocycles. The summed E-state index contributed by atoms with van der Waals surface area (Å²) in [5, 5.41) is 7.95. The van der Waals surface area contributed by atoms with E-state index in [0.29, 0.717) is 5.54 Å². The molecule has 2 rings (SSSR count). The second kappa shape index (κ2) is 5.30. The number of thiophene rings is 1. The van der Waals surface area contributed by atoms with E-state index in [1.165, 1.54) is 31.5 Å². The molecule has 0 bridgehead atoms. The van der Waals surface area contributed by atoms with Crippen molar-refractivity contribution in [3.8, 4) is 0 Å². The van der Waals surface area contributed by atoms with E-state index >= 15 is 0 Å². The van der Waals surface area contributed by atoms with Crippen LogP contribution < -0.4 is 5.32 Å². The molecular weight excluding hydrogens is 216 g/mol. The van der Waals surface area contributed by atoms with Crippen molar-refractivity contribution in [2.75, 3.05) is 26.2 Å². The third-order valence-corrected chi connectivity index (χ3v) is 4.57. The van der Waals surface area contributed by atoms with Crippen LogP contribution in [0.5, 0.6) is 0 Å². The number of hydrogen-bond acceptors (Lipinski definition) is 3. The fraction of sp³-hybridized carbons (Fsp3) is 0.692. The Morgan fingerprint density at radius 1 is 1.56 bits per heavy atom. The molecule has 0 spiro atoms. The van der Waals surface area contributed by atoms with Crippen molar-refractivity contribution < 1.29 is 0 Å². The molecule has 0 amide bonds. The third-order valence-electron chi connectivity index (χ3n) is 3.84. The molecule has 1 aromatic heterocycles. The summed E-state index contributed by atoms with van der Waals surface area (Å²) in [6.45, 7) is 9.33. The van der Waals surface area contributed by atoms with E-state index in [1.807, 2.05) is 0 Å². The molecule has 1 aromatic rings. The maximum Gasteiger partial charge on any atom is 0.0303 e. The predicted octanol–water partition coefficient (Wildman–Crippen LogP) is 2.36. The van der Waals surface area contributed by atoms with Gasteiger partial charge >= 0.3 is 0 Å². The van der Waals surface area contributed by atoms with Crippen LogP contribution in [0.25, 0.3) is 0 Å². The highest BCUT2D eigenvalue weighted by molar-refractivity contribution is 7.07. The maximum absolute atomic E-state index is 3.51. The molecule has 1 atom stereocenters. The molecule has 1 aliphatic heterocycles. The fourth-order valence-electron chi connectivity index (χ4n) is 2.38. The quantitative estimate of drug-likeness (QED) is 0.866. The number of hydrogen-bond donors (Lipinski definition) is 1. The SMILES string of the molecule is CCC1(C)CNCCN1CCc1ccsc1. The minimum absolute atomic E-state index is 0.355. The van der Waals surface area contributed by atoms with Gasteiger partial charge in [0.25, 0.3) is 0 Å². The van der Waals surface area contributed by atoms with Gasteiger partial charge in [-0.25, -0.2) is 0 Å². The Kier molecular flexibility index (Phi) is 4.00. The highest BCUT2D eigenvalue weighted by Gasteiger charge is 2.31. The highest BCUT2D eigenvalue weighted by atomic mass is 32.1. The van der Waals surface area contributed by atoms with Crippen molar-refractivity contribution in [1.29, 1.82) is 0 Å². The number of nitrogens with one attached hydrogen (secondary N) is 1. The second-order valence-electron chi connectivity index (χ2n) is 4.90. The lowest BCUT2D eigenvalue weighted by Gasteiger charge is -2.45. The molecule has 90 valence electrons. The average Bonchev–Trinajstić information content (AvgIpc) is 2.81. The van der Waals surface area contributed by atoms with Crippen molar-refractivity contribution in [1.82, 2.24) is 10.2 Å². The summed E-state index contributed by atoms with van der Waals surface area (Å²) in [4.78, 5) is 2.65. The molecule has 0 aliphatic carbocycles. The van der Waals surface area contributed by atoms with E-state index in [4.69, 9.17) is 0 Å². The third kappa shape index (κ3) is 2.65. The molecule has 2 heterocycles. The van der Waals surface area contributed by atoms with Crippen molar-refractivity contribution in [2.24, 2.45) is 0 Å². The lowest BCUT2D eigenvalue weighted by molar-refractivity contribution is 0.0727. The zero-order valence-corrected chi connectivity index (χ0v) is 11.1. The lowest BCUT2D eigenvalue weighted by atomic mass is 9.93. The predicted molar refractivity (Wildman–Crippen MR) is 71.2 cm³/mol. The summed E-state index contributed by atoms with van der Waals surface area (Å²) in [6.07, 6.45) is 2.42. The minimum atomic E-state index is 0.355. The molecule has 1 unspecified atom stereocenters. The van der Waals surface area contributed by atoms with Gasteiger partial charge in [0.1, 0.15) is 0 Å². The number of nitrogens with zero attached hydrogens (tertiary/aromatic N) is 1. The topological polar surface area (TPSA) is 15.3 Å².